The van der Waals surface area contributed by atoms with Gasteiger partial charge in [0.25, 0.3) is 0 Å². The second kappa shape index (κ2) is 10.8. The molecule has 0 aromatic rings. The van der Waals surface area contributed by atoms with Gasteiger partial charge in [0, 0.05) is 18.0 Å². The fourth-order valence-electron chi connectivity index (χ4n) is 2.39. The lowest BCUT2D eigenvalue weighted by Gasteiger charge is -2.32. The second-order valence-electron chi connectivity index (χ2n) is 4.76. The molecule has 0 heterocycles. The first-order chi connectivity index (χ1) is 9.01. The van der Waals surface area contributed by atoms with E-state index in [9.17, 15) is 19.8 Å². The molecular weight excluding hydrogens is 246 g/mol. The molecule has 19 heavy (non-hydrogen) atoms. The first-order valence-electron chi connectivity index (χ1n) is 7.14. The lowest BCUT2D eigenvalue weighted by Crippen LogP contribution is -2.36. The Morgan fingerprint density at radius 2 is 1.37 bits per heavy atom. The van der Waals surface area contributed by atoms with Crippen LogP contribution in [0.4, 0.5) is 0 Å². The zero-order chi connectivity index (χ0) is 14.7. The summed E-state index contributed by atoms with van der Waals surface area (Å²) < 4.78 is 0. The highest BCUT2D eigenvalue weighted by Gasteiger charge is 2.17. The zero-order valence-electron chi connectivity index (χ0n) is 12.0. The fraction of sp³-hybridized carbons (Fsp3) is 0.857. The molecule has 0 unspecified atom stereocenters. The number of carbonyl (C=O) groups excluding carboxylic acids is 2. The van der Waals surface area contributed by atoms with Crippen molar-refractivity contribution >= 4 is 11.9 Å². The molecule has 112 valence electrons. The predicted molar refractivity (Wildman–Crippen MR) is 69.0 cm³/mol. The Hall–Kier alpha value is -1.10. The summed E-state index contributed by atoms with van der Waals surface area (Å²) in [6, 6.07) is 0.916. The molecule has 0 saturated heterocycles. The van der Waals surface area contributed by atoms with E-state index in [4.69, 9.17) is 0 Å². The van der Waals surface area contributed by atoms with Crippen molar-refractivity contribution in [3.63, 3.8) is 0 Å². The van der Waals surface area contributed by atoms with Crippen LogP contribution in [0, 0.1) is 0 Å². The van der Waals surface area contributed by atoms with Crippen LogP contribution in [-0.4, -0.2) is 36.0 Å². The van der Waals surface area contributed by atoms with Gasteiger partial charge < -0.3 is 24.7 Å². The van der Waals surface area contributed by atoms with Crippen molar-refractivity contribution in [1.82, 2.24) is 4.90 Å². The van der Waals surface area contributed by atoms with Gasteiger partial charge in [0.05, 0.1) is 0 Å². The highest BCUT2D eigenvalue weighted by molar-refractivity contribution is 5.72. The van der Waals surface area contributed by atoms with Gasteiger partial charge in [-0.25, -0.2) is 0 Å². The van der Waals surface area contributed by atoms with Crippen LogP contribution in [-0.2, 0) is 9.59 Å². The van der Waals surface area contributed by atoms with Crippen LogP contribution in [0.5, 0.6) is 0 Å². The lowest BCUT2D eigenvalue weighted by atomic mass is 9.94. The number of nitrogens with zero attached hydrogens (tertiary/aromatic N) is 1. The minimum atomic E-state index is -1.37. The van der Waals surface area contributed by atoms with Crippen molar-refractivity contribution in [3.05, 3.63) is 0 Å². The molecule has 0 spiro atoms. The third-order valence-corrected chi connectivity index (χ3v) is 3.44. The highest BCUT2D eigenvalue weighted by Crippen LogP contribution is 2.21. The number of carboxylic acids is 2. The molecule has 0 atom stereocenters. The third kappa shape index (κ3) is 9.47. The Morgan fingerprint density at radius 3 is 1.68 bits per heavy atom. The second-order valence-corrected chi connectivity index (χ2v) is 4.76. The van der Waals surface area contributed by atoms with Crippen LogP contribution in [0.25, 0.3) is 0 Å². The first-order valence-corrected chi connectivity index (χ1v) is 7.14. The largest absolute Gasteiger partial charge is 0.550 e. The Kier molecular flexibility index (Phi) is 10.2. The van der Waals surface area contributed by atoms with E-state index in [1.54, 1.807) is 0 Å². The fourth-order valence-corrected chi connectivity index (χ4v) is 2.39. The topological polar surface area (TPSA) is 83.5 Å². The maximum absolute atomic E-state index is 9.50. The van der Waals surface area contributed by atoms with E-state index in [1.807, 2.05) is 0 Å². The summed E-state index contributed by atoms with van der Waals surface area (Å²) >= 11 is 0. The van der Waals surface area contributed by atoms with Crippen molar-refractivity contribution in [1.29, 1.82) is 0 Å². The van der Waals surface area contributed by atoms with E-state index >= 15 is 0 Å². The number of aliphatic carboxylic acids is 2. The van der Waals surface area contributed by atoms with E-state index in [-0.39, 0.29) is 0 Å². The van der Waals surface area contributed by atoms with Crippen molar-refractivity contribution in [2.45, 2.75) is 64.8 Å². The Labute approximate surface area is 115 Å². The molecule has 0 aromatic heterocycles. The maximum Gasteiger partial charge on any atom is 0.0418 e. The molecule has 0 N–H and O–H groups in total. The van der Waals surface area contributed by atoms with Crippen LogP contribution in [0.2, 0.25) is 0 Å². The molecule has 1 aliphatic carbocycles. The minimum absolute atomic E-state index is 0.470. The normalized spacial score (nSPS) is 15.7. The number of hydrogen-bond acceptors (Lipinski definition) is 5. The van der Waals surface area contributed by atoms with E-state index in [1.165, 1.54) is 45.2 Å². The van der Waals surface area contributed by atoms with Crippen molar-refractivity contribution < 1.29 is 19.8 Å². The molecule has 1 rings (SSSR count). The van der Waals surface area contributed by atoms with E-state index in [0.717, 1.165) is 6.04 Å². The molecule has 1 aliphatic rings. The standard InChI is InChI=1S/C10H21N.C4H6O4/c1-3-11(4-2)10-8-6-5-7-9-10;5-3(6)1-2-4(7)8/h10H,3-9H2,1-2H3;1-2H2,(H,5,6)(H,7,8)/p-2. The lowest BCUT2D eigenvalue weighted by molar-refractivity contribution is -0.315. The Bertz CT molecular complexity index is 244. The summed E-state index contributed by atoms with van der Waals surface area (Å²) in [5, 5.41) is 19.0. The number of carbonyl (C=O) groups is 2. The summed E-state index contributed by atoms with van der Waals surface area (Å²) in [4.78, 5) is 21.6. The SMILES string of the molecule is CCN(CC)C1CCCCC1.O=C([O-])CCC(=O)[O-]. The minimum Gasteiger partial charge on any atom is -0.550 e. The van der Waals surface area contributed by atoms with Crippen LogP contribution >= 0.6 is 0 Å². The van der Waals surface area contributed by atoms with Gasteiger partial charge in [-0.2, -0.15) is 0 Å². The van der Waals surface area contributed by atoms with Gasteiger partial charge >= 0.3 is 0 Å². The van der Waals surface area contributed by atoms with Crippen molar-refractivity contribution in [2.24, 2.45) is 0 Å². The molecule has 0 radical (unpaired) electrons. The van der Waals surface area contributed by atoms with Gasteiger partial charge in [-0.05, 0) is 38.8 Å². The molecular formula is C14H25NO4-2. The van der Waals surface area contributed by atoms with Gasteiger partial charge in [-0.1, -0.05) is 33.1 Å². The van der Waals surface area contributed by atoms with E-state index in [2.05, 4.69) is 18.7 Å². The Morgan fingerprint density at radius 1 is 0.947 bits per heavy atom. The highest BCUT2D eigenvalue weighted by atomic mass is 16.4. The molecule has 0 aliphatic heterocycles. The number of carboxylic acid groups (broad SMARTS) is 2. The summed E-state index contributed by atoms with van der Waals surface area (Å²) in [6.07, 6.45) is 6.34. The zero-order valence-corrected chi connectivity index (χ0v) is 12.0. The number of rotatable bonds is 6. The quantitative estimate of drug-likeness (QED) is 0.675. The maximum atomic E-state index is 9.50. The van der Waals surface area contributed by atoms with Gasteiger partial charge in [0.1, 0.15) is 0 Å². The summed E-state index contributed by atoms with van der Waals surface area (Å²) in [7, 11) is 0. The molecule has 0 aromatic carbocycles. The van der Waals surface area contributed by atoms with Crippen LogP contribution in [0.3, 0.4) is 0 Å². The Balaban J connectivity index is 0.000000362. The van der Waals surface area contributed by atoms with Crippen LogP contribution < -0.4 is 10.2 Å². The number of hydrogen-bond donors (Lipinski definition) is 0. The predicted octanol–water partition coefficient (Wildman–Crippen LogP) is -0.0727. The van der Waals surface area contributed by atoms with Crippen LogP contribution in [0.15, 0.2) is 0 Å². The molecule has 0 bridgehead atoms. The van der Waals surface area contributed by atoms with Crippen molar-refractivity contribution in [3.8, 4) is 0 Å². The molecule has 5 heteroatoms. The molecule has 0 amide bonds. The van der Waals surface area contributed by atoms with E-state index < -0.39 is 24.8 Å². The molecule has 1 saturated carbocycles. The van der Waals surface area contributed by atoms with E-state index in [0.29, 0.717) is 0 Å². The van der Waals surface area contributed by atoms with Crippen LogP contribution in [0.1, 0.15) is 58.8 Å². The first kappa shape index (κ1) is 17.9. The van der Waals surface area contributed by atoms with Gasteiger partial charge in [-0.3, -0.25) is 0 Å². The average molecular weight is 271 g/mol. The van der Waals surface area contributed by atoms with Gasteiger partial charge in [-0.15, -0.1) is 0 Å². The molecule has 5 nitrogen and oxygen atoms in total. The third-order valence-electron chi connectivity index (χ3n) is 3.44. The average Bonchev–Trinajstić information content (AvgIpc) is 2.40. The monoisotopic (exact) mass is 271 g/mol. The summed E-state index contributed by atoms with van der Waals surface area (Å²) in [5.74, 6) is -2.73. The van der Waals surface area contributed by atoms with Crippen molar-refractivity contribution in [2.75, 3.05) is 13.1 Å². The smallest absolute Gasteiger partial charge is 0.0418 e. The van der Waals surface area contributed by atoms with Gasteiger partial charge in [0.15, 0.2) is 0 Å². The van der Waals surface area contributed by atoms with Gasteiger partial charge in [0.2, 0.25) is 0 Å². The summed E-state index contributed by atoms with van der Waals surface area (Å²) in [6.45, 7) is 7.03. The molecule has 1 fully saturated rings. The summed E-state index contributed by atoms with van der Waals surface area (Å²) in [5.41, 5.74) is 0.